The number of nitrogens with one attached hydrogen (secondary N) is 2. The van der Waals surface area contributed by atoms with E-state index in [4.69, 9.17) is 0 Å². The monoisotopic (exact) mass is 340 g/mol. The fourth-order valence-corrected chi connectivity index (χ4v) is 2.48. The number of aryl methyl sites for hydroxylation is 1. The highest BCUT2D eigenvalue weighted by atomic mass is 16.1. The van der Waals surface area contributed by atoms with Crippen molar-refractivity contribution >= 4 is 17.3 Å². The van der Waals surface area contributed by atoms with Gasteiger partial charge < -0.3 is 10.6 Å². The van der Waals surface area contributed by atoms with E-state index in [2.05, 4.69) is 22.5 Å². The minimum Gasteiger partial charge on any atom is -0.376 e. The van der Waals surface area contributed by atoms with Crippen molar-refractivity contribution in [1.82, 2.24) is 0 Å². The van der Waals surface area contributed by atoms with Crippen molar-refractivity contribution in [3.63, 3.8) is 0 Å². The first-order chi connectivity index (χ1) is 12.7. The van der Waals surface area contributed by atoms with Crippen molar-refractivity contribution < 1.29 is 4.79 Å². The molecule has 0 heterocycles. The Morgan fingerprint density at radius 3 is 2.31 bits per heavy atom. The minimum absolute atomic E-state index is 0.0867. The Bertz CT molecular complexity index is 952. The molecule has 3 aromatic rings. The van der Waals surface area contributed by atoms with Crippen LogP contribution in [0.5, 0.6) is 0 Å². The van der Waals surface area contributed by atoms with Crippen LogP contribution >= 0.6 is 0 Å². The Kier molecular flexibility index (Phi) is 5.69. The Morgan fingerprint density at radius 1 is 0.808 bits per heavy atom. The van der Waals surface area contributed by atoms with Gasteiger partial charge in [-0.1, -0.05) is 48.2 Å². The first-order valence-electron chi connectivity index (χ1n) is 8.46. The second-order valence-electron chi connectivity index (χ2n) is 5.97. The molecule has 0 aliphatic carbocycles. The van der Waals surface area contributed by atoms with Gasteiger partial charge in [-0.15, -0.1) is 0 Å². The molecule has 2 N–H and O–H groups in total. The summed E-state index contributed by atoms with van der Waals surface area (Å²) in [5, 5.41) is 6.02. The Labute approximate surface area is 154 Å². The zero-order valence-electron chi connectivity index (χ0n) is 14.6. The third kappa shape index (κ3) is 5.25. The molecule has 0 spiro atoms. The van der Waals surface area contributed by atoms with Gasteiger partial charge in [0.1, 0.15) is 0 Å². The summed E-state index contributed by atoms with van der Waals surface area (Å²) >= 11 is 0. The highest BCUT2D eigenvalue weighted by Crippen LogP contribution is 2.11. The van der Waals surface area contributed by atoms with Gasteiger partial charge in [-0.05, 0) is 55.0 Å². The molecule has 0 unspecified atom stereocenters. The second-order valence-corrected chi connectivity index (χ2v) is 5.97. The quantitative estimate of drug-likeness (QED) is 0.689. The molecule has 0 bridgehead atoms. The summed E-state index contributed by atoms with van der Waals surface area (Å²) < 4.78 is 0. The first-order valence-corrected chi connectivity index (χ1v) is 8.46. The molecule has 3 rings (SSSR count). The van der Waals surface area contributed by atoms with Crippen molar-refractivity contribution in [3.8, 4) is 11.8 Å². The van der Waals surface area contributed by atoms with Crippen molar-refractivity contribution in [2.75, 3.05) is 17.2 Å². The van der Waals surface area contributed by atoms with Gasteiger partial charge in [0.2, 0.25) is 5.91 Å². The number of hydrogen-bond donors (Lipinski definition) is 2. The van der Waals surface area contributed by atoms with E-state index in [1.807, 2.05) is 85.8 Å². The molecule has 0 radical (unpaired) electrons. The van der Waals surface area contributed by atoms with Crippen molar-refractivity contribution in [1.29, 1.82) is 0 Å². The van der Waals surface area contributed by atoms with Gasteiger partial charge in [-0.2, -0.15) is 0 Å². The molecule has 26 heavy (non-hydrogen) atoms. The SMILES string of the molecule is Cc1cccc(NC(=O)CNc2cccc(C#Cc3ccccc3)c2)c1. The lowest BCUT2D eigenvalue weighted by molar-refractivity contribution is -0.114. The highest BCUT2D eigenvalue weighted by molar-refractivity contribution is 5.93. The van der Waals surface area contributed by atoms with E-state index in [1.54, 1.807) is 0 Å². The van der Waals surface area contributed by atoms with E-state index in [-0.39, 0.29) is 12.5 Å². The van der Waals surface area contributed by atoms with Crippen LogP contribution in [0, 0.1) is 18.8 Å². The summed E-state index contributed by atoms with van der Waals surface area (Å²) in [4.78, 5) is 12.1. The van der Waals surface area contributed by atoms with Crippen LogP contribution in [-0.2, 0) is 4.79 Å². The lowest BCUT2D eigenvalue weighted by atomic mass is 10.1. The Hall–Kier alpha value is -3.51. The van der Waals surface area contributed by atoms with E-state index in [0.29, 0.717) is 0 Å². The number of rotatable bonds is 4. The third-order valence-electron chi connectivity index (χ3n) is 3.74. The van der Waals surface area contributed by atoms with Crippen molar-refractivity contribution in [3.05, 3.63) is 95.6 Å². The summed E-state index contributed by atoms with van der Waals surface area (Å²) in [6.45, 7) is 2.19. The van der Waals surface area contributed by atoms with Gasteiger partial charge in [0, 0.05) is 22.5 Å². The second kappa shape index (κ2) is 8.55. The third-order valence-corrected chi connectivity index (χ3v) is 3.74. The molecule has 0 aromatic heterocycles. The molecule has 1 amide bonds. The van der Waals surface area contributed by atoms with E-state index in [9.17, 15) is 4.79 Å². The zero-order valence-corrected chi connectivity index (χ0v) is 14.6. The van der Waals surface area contributed by atoms with Gasteiger partial charge >= 0.3 is 0 Å². The van der Waals surface area contributed by atoms with E-state index < -0.39 is 0 Å². The largest absolute Gasteiger partial charge is 0.376 e. The molecule has 0 aliphatic rings. The summed E-state index contributed by atoms with van der Waals surface area (Å²) in [5.41, 5.74) is 4.66. The summed E-state index contributed by atoms with van der Waals surface area (Å²) in [5.74, 6) is 6.19. The maximum atomic E-state index is 12.1. The number of benzene rings is 3. The van der Waals surface area contributed by atoms with Crippen LogP contribution in [-0.4, -0.2) is 12.5 Å². The van der Waals surface area contributed by atoms with E-state index in [0.717, 1.165) is 28.1 Å². The number of carbonyl (C=O) groups excluding carboxylic acids is 1. The molecule has 0 fully saturated rings. The number of amides is 1. The summed E-state index contributed by atoms with van der Waals surface area (Å²) in [7, 11) is 0. The van der Waals surface area contributed by atoms with Crippen LogP contribution in [0.4, 0.5) is 11.4 Å². The van der Waals surface area contributed by atoms with Gasteiger partial charge in [0.15, 0.2) is 0 Å². The normalized spacial score (nSPS) is 9.73. The number of carbonyl (C=O) groups is 1. The fourth-order valence-electron chi connectivity index (χ4n) is 2.48. The molecule has 0 saturated carbocycles. The van der Waals surface area contributed by atoms with Gasteiger partial charge in [0.05, 0.1) is 6.54 Å². The molecular weight excluding hydrogens is 320 g/mol. The van der Waals surface area contributed by atoms with Crippen molar-refractivity contribution in [2.45, 2.75) is 6.92 Å². The van der Waals surface area contributed by atoms with Crippen LogP contribution in [0.15, 0.2) is 78.9 Å². The lowest BCUT2D eigenvalue weighted by Gasteiger charge is -2.08. The maximum absolute atomic E-state index is 12.1. The molecule has 128 valence electrons. The number of anilines is 2. The first kappa shape index (κ1) is 17.3. The Balaban J connectivity index is 1.59. The topological polar surface area (TPSA) is 41.1 Å². The minimum atomic E-state index is -0.0867. The molecule has 3 aromatic carbocycles. The smallest absolute Gasteiger partial charge is 0.243 e. The average Bonchev–Trinajstić information content (AvgIpc) is 2.66. The molecule has 0 saturated heterocycles. The molecule has 3 heteroatoms. The summed E-state index contributed by atoms with van der Waals surface area (Å²) in [6.07, 6.45) is 0. The molecular formula is C23H20N2O. The maximum Gasteiger partial charge on any atom is 0.243 e. The standard InChI is InChI=1S/C23H20N2O/c1-18-7-5-12-22(15-18)25-23(26)17-24-21-11-6-10-20(16-21)14-13-19-8-3-2-4-9-19/h2-12,15-16,24H,17H2,1H3,(H,25,26). The molecule has 0 aliphatic heterocycles. The Morgan fingerprint density at radius 2 is 1.50 bits per heavy atom. The summed E-state index contributed by atoms with van der Waals surface area (Å²) in [6, 6.07) is 25.3. The van der Waals surface area contributed by atoms with Gasteiger partial charge in [-0.3, -0.25) is 4.79 Å². The predicted molar refractivity (Wildman–Crippen MR) is 107 cm³/mol. The van der Waals surface area contributed by atoms with Crippen molar-refractivity contribution in [2.24, 2.45) is 0 Å². The molecule has 0 atom stereocenters. The van der Waals surface area contributed by atoms with Gasteiger partial charge in [0.25, 0.3) is 0 Å². The van der Waals surface area contributed by atoms with Crippen LogP contribution in [0.2, 0.25) is 0 Å². The van der Waals surface area contributed by atoms with Crippen LogP contribution in [0.25, 0.3) is 0 Å². The van der Waals surface area contributed by atoms with Gasteiger partial charge in [-0.25, -0.2) is 0 Å². The average molecular weight is 340 g/mol. The van der Waals surface area contributed by atoms with Crippen LogP contribution in [0.3, 0.4) is 0 Å². The predicted octanol–water partition coefficient (Wildman–Crippen LogP) is 4.45. The van der Waals surface area contributed by atoms with Crippen LogP contribution in [0.1, 0.15) is 16.7 Å². The number of hydrogen-bond acceptors (Lipinski definition) is 2. The lowest BCUT2D eigenvalue weighted by Crippen LogP contribution is -2.21. The fraction of sp³-hybridized carbons (Fsp3) is 0.0870. The zero-order chi connectivity index (χ0) is 18.2. The van der Waals surface area contributed by atoms with Crippen LogP contribution < -0.4 is 10.6 Å². The molecule has 3 nitrogen and oxygen atoms in total. The highest BCUT2D eigenvalue weighted by Gasteiger charge is 2.02. The van der Waals surface area contributed by atoms with E-state index >= 15 is 0 Å². The van der Waals surface area contributed by atoms with E-state index in [1.165, 1.54) is 0 Å².